The molecule has 0 amide bonds. The Bertz CT molecular complexity index is 103. The zero-order valence-corrected chi connectivity index (χ0v) is 6.96. The van der Waals surface area contributed by atoms with Gasteiger partial charge in [0.2, 0.25) is 0 Å². The topological polar surface area (TPSA) is 18.5 Å². The van der Waals surface area contributed by atoms with Crippen molar-refractivity contribution >= 4 is 0 Å². The molecule has 0 spiro atoms. The molecule has 1 unspecified atom stereocenters. The fraction of sp³-hybridized carbons (Fsp3) is 1.00. The van der Waals surface area contributed by atoms with Crippen LogP contribution in [0.15, 0.2) is 0 Å². The third-order valence-electron chi connectivity index (χ3n) is 2.29. The van der Waals surface area contributed by atoms with Crippen LogP contribution in [0, 0.1) is 5.92 Å². The lowest BCUT2D eigenvalue weighted by Crippen LogP contribution is -2.32. The van der Waals surface area contributed by atoms with Gasteiger partial charge in [-0.05, 0) is 25.7 Å². The molecule has 0 aromatic heterocycles. The van der Waals surface area contributed by atoms with Gasteiger partial charge in [-0.25, -0.2) is 0 Å². The first-order valence-corrected chi connectivity index (χ1v) is 3.92. The highest BCUT2D eigenvalue weighted by atomic mass is 16.7. The van der Waals surface area contributed by atoms with E-state index in [2.05, 4.69) is 13.8 Å². The molecule has 10 heavy (non-hydrogen) atoms. The van der Waals surface area contributed by atoms with Gasteiger partial charge in [0.05, 0.1) is 6.10 Å². The third kappa shape index (κ3) is 1.70. The van der Waals surface area contributed by atoms with Crippen molar-refractivity contribution < 1.29 is 9.47 Å². The van der Waals surface area contributed by atoms with Crippen LogP contribution in [0.3, 0.4) is 0 Å². The predicted molar refractivity (Wildman–Crippen MR) is 39.7 cm³/mol. The second-order valence-corrected chi connectivity index (χ2v) is 3.06. The summed E-state index contributed by atoms with van der Waals surface area (Å²) in [5.74, 6) is 0.686. The number of hydrogen-bond acceptors (Lipinski definition) is 2. The van der Waals surface area contributed by atoms with Crippen LogP contribution in [-0.4, -0.2) is 19.5 Å². The largest absolute Gasteiger partial charge is 0.356 e. The van der Waals surface area contributed by atoms with Gasteiger partial charge < -0.3 is 9.47 Å². The summed E-state index contributed by atoms with van der Waals surface area (Å²) in [4.78, 5) is 0. The van der Waals surface area contributed by atoms with Crippen molar-refractivity contribution in [3.63, 3.8) is 0 Å². The van der Waals surface area contributed by atoms with Crippen molar-refractivity contribution in [3.8, 4) is 0 Å². The lowest BCUT2D eigenvalue weighted by molar-refractivity contribution is -0.189. The van der Waals surface area contributed by atoms with Crippen LogP contribution >= 0.6 is 0 Å². The number of rotatable bonds is 1. The van der Waals surface area contributed by atoms with Crippen LogP contribution in [0.2, 0.25) is 0 Å². The Hall–Kier alpha value is -0.0800. The molecule has 2 heteroatoms. The maximum atomic E-state index is 5.53. The normalized spacial score (nSPS) is 41.7. The van der Waals surface area contributed by atoms with Gasteiger partial charge in [0, 0.05) is 7.11 Å². The first kappa shape index (κ1) is 8.02. The molecule has 2 nitrogen and oxygen atoms in total. The lowest BCUT2D eigenvalue weighted by Gasteiger charge is -2.31. The molecule has 0 aromatic rings. The summed E-state index contributed by atoms with van der Waals surface area (Å²) in [5, 5.41) is 0. The molecule has 1 aliphatic heterocycles. The highest BCUT2D eigenvalue weighted by Crippen LogP contribution is 2.24. The number of hydrogen-bond donors (Lipinski definition) is 0. The number of methoxy groups -OCH3 is 1. The Kier molecular flexibility index (Phi) is 2.69. The van der Waals surface area contributed by atoms with Crippen LogP contribution in [-0.2, 0) is 9.47 Å². The van der Waals surface area contributed by atoms with E-state index in [1.54, 1.807) is 7.11 Å². The average Bonchev–Trinajstić information content (AvgIpc) is 1.95. The van der Waals surface area contributed by atoms with Crippen molar-refractivity contribution in [2.45, 2.75) is 39.1 Å². The van der Waals surface area contributed by atoms with E-state index in [-0.39, 0.29) is 6.29 Å². The first-order chi connectivity index (χ1) is 4.74. The van der Waals surface area contributed by atoms with Gasteiger partial charge in [0.15, 0.2) is 6.29 Å². The minimum atomic E-state index is 0.0474. The third-order valence-corrected chi connectivity index (χ3v) is 2.29. The molecule has 0 bridgehead atoms. The van der Waals surface area contributed by atoms with Crippen molar-refractivity contribution in [1.29, 1.82) is 0 Å². The molecule has 1 rings (SSSR count). The minimum absolute atomic E-state index is 0.0474. The molecule has 60 valence electrons. The Labute approximate surface area is 62.5 Å². The molecular formula is C8H16O2. The molecule has 0 saturated carbocycles. The Morgan fingerprint density at radius 3 is 2.50 bits per heavy atom. The van der Waals surface area contributed by atoms with Gasteiger partial charge in [-0.15, -0.1) is 0 Å². The SMILES string of the molecule is COC1CC[C@H](C)[C@@H](C)O1. The zero-order valence-electron chi connectivity index (χ0n) is 6.96. The standard InChI is InChI=1S/C8H16O2/c1-6-4-5-8(9-3)10-7(6)2/h6-8H,4-5H2,1-3H3/t6-,7+,8?/m0/s1. The van der Waals surface area contributed by atoms with Crippen LogP contribution in [0.25, 0.3) is 0 Å². The molecule has 1 fully saturated rings. The van der Waals surface area contributed by atoms with E-state index in [4.69, 9.17) is 9.47 Å². The fourth-order valence-corrected chi connectivity index (χ4v) is 1.25. The minimum Gasteiger partial charge on any atom is -0.356 e. The van der Waals surface area contributed by atoms with Gasteiger partial charge in [0.1, 0.15) is 0 Å². The predicted octanol–water partition coefficient (Wildman–Crippen LogP) is 1.79. The van der Waals surface area contributed by atoms with E-state index in [9.17, 15) is 0 Å². The Morgan fingerprint density at radius 2 is 2.00 bits per heavy atom. The fourth-order valence-electron chi connectivity index (χ4n) is 1.25. The number of ether oxygens (including phenoxy) is 2. The lowest BCUT2D eigenvalue weighted by atomic mass is 9.97. The van der Waals surface area contributed by atoms with E-state index >= 15 is 0 Å². The second-order valence-electron chi connectivity index (χ2n) is 3.06. The molecular weight excluding hydrogens is 128 g/mol. The molecule has 3 atom stereocenters. The van der Waals surface area contributed by atoms with Crippen molar-refractivity contribution in [1.82, 2.24) is 0 Å². The van der Waals surface area contributed by atoms with E-state index in [0.717, 1.165) is 6.42 Å². The monoisotopic (exact) mass is 144 g/mol. The van der Waals surface area contributed by atoms with Crippen LogP contribution < -0.4 is 0 Å². The second kappa shape index (κ2) is 3.35. The van der Waals surface area contributed by atoms with Gasteiger partial charge in [-0.3, -0.25) is 0 Å². The van der Waals surface area contributed by atoms with Gasteiger partial charge in [0.25, 0.3) is 0 Å². The summed E-state index contributed by atoms with van der Waals surface area (Å²) in [6.45, 7) is 4.33. The average molecular weight is 144 g/mol. The van der Waals surface area contributed by atoms with E-state index in [1.807, 2.05) is 0 Å². The quantitative estimate of drug-likeness (QED) is 0.558. The Balaban J connectivity index is 2.33. The molecule has 0 N–H and O–H groups in total. The molecule has 0 radical (unpaired) electrons. The smallest absolute Gasteiger partial charge is 0.157 e. The van der Waals surface area contributed by atoms with E-state index in [0.29, 0.717) is 12.0 Å². The maximum absolute atomic E-state index is 5.53. The molecule has 0 aliphatic carbocycles. The van der Waals surface area contributed by atoms with Gasteiger partial charge in [-0.1, -0.05) is 6.92 Å². The summed E-state index contributed by atoms with van der Waals surface area (Å²) in [7, 11) is 1.70. The molecule has 0 aromatic carbocycles. The summed E-state index contributed by atoms with van der Waals surface area (Å²) in [6, 6.07) is 0. The van der Waals surface area contributed by atoms with Crippen LogP contribution in [0.1, 0.15) is 26.7 Å². The van der Waals surface area contributed by atoms with E-state index < -0.39 is 0 Å². The molecule has 1 saturated heterocycles. The zero-order chi connectivity index (χ0) is 7.56. The van der Waals surface area contributed by atoms with Crippen LogP contribution in [0.4, 0.5) is 0 Å². The summed E-state index contributed by atoms with van der Waals surface area (Å²) in [5.41, 5.74) is 0. The first-order valence-electron chi connectivity index (χ1n) is 3.92. The summed E-state index contributed by atoms with van der Waals surface area (Å²) < 4.78 is 10.6. The maximum Gasteiger partial charge on any atom is 0.157 e. The van der Waals surface area contributed by atoms with Gasteiger partial charge in [-0.2, -0.15) is 0 Å². The van der Waals surface area contributed by atoms with E-state index in [1.165, 1.54) is 6.42 Å². The highest BCUT2D eigenvalue weighted by molar-refractivity contribution is 4.68. The van der Waals surface area contributed by atoms with Crippen molar-refractivity contribution in [2.75, 3.05) is 7.11 Å². The Morgan fingerprint density at radius 1 is 1.30 bits per heavy atom. The highest BCUT2D eigenvalue weighted by Gasteiger charge is 2.24. The van der Waals surface area contributed by atoms with Gasteiger partial charge >= 0.3 is 0 Å². The summed E-state index contributed by atoms with van der Waals surface area (Å²) >= 11 is 0. The molecule has 1 aliphatic rings. The van der Waals surface area contributed by atoms with Crippen molar-refractivity contribution in [2.24, 2.45) is 5.92 Å². The summed E-state index contributed by atoms with van der Waals surface area (Å²) in [6.07, 6.45) is 2.67. The van der Waals surface area contributed by atoms with Crippen molar-refractivity contribution in [3.05, 3.63) is 0 Å². The van der Waals surface area contributed by atoms with Crippen LogP contribution in [0.5, 0.6) is 0 Å². The molecule has 1 heterocycles.